The summed E-state index contributed by atoms with van der Waals surface area (Å²) in [6.07, 6.45) is 0. The molecule has 0 atom stereocenters. The van der Waals surface area contributed by atoms with Gasteiger partial charge in [-0.05, 0) is 17.7 Å². The van der Waals surface area contributed by atoms with Gasteiger partial charge in [0.05, 0.1) is 11.5 Å². The van der Waals surface area contributed by atoms with Crippen molar-refractivity contribution in [3.63, 3.8) is 0 Å². The van der Waals surface area contributed by atoms with Gasteiger partial charge in [0.2, 0.25) is 10.0 Å². The minimum Gasteiger partial charge on any atom is -0.383 e. The van der Waals surface area contributed by atoms with E-state index in [4.69, 9.17) is 10.5 Å². The number of sulfonamides is 1. The minimum atomic E-state index is -3.75. The maximum absolute atomic E-state index is 13.0. The van der Waals surface area contributed by atoms with Crippen LogP contribution in [0.5, 0.6) is 0 Å². The predicted octanol–water partition coefficient (Wildman–Crippen LogP) is 0.209. The van der Waals surface area contributed by atoms with E-state index < -0.39 is 15.8 Å². The molecule has 0 amide bonds. The maximum Gasteiger partial charge on any atom is 0.241 e. The quantitative estimate of drug-likeness (QED) is 0.718. The second kappa shape index (κ2) is 6.06. The van der Waals surface area contributed by atoms with Crippen LogP contribution in [0.4, 0.5) is 4.39 Å². The minimum absolute atomic E-state index is 0.0286. The molecule has 0 heterocycles. The fraction of sp³-hybridized carbons (Fsp3) is 0.400. The molecule has 0 spiro atoms. The summed E-state index contributed by atoms with van der Waals surface area (Å²) < 4.78 is 43.8. The van der Waals surface area contributed by atoms with Gasteiger partial charge in [0.15, 0.2) is 0 Å². The van der Waals surface area contributed by atoms with Gasteiger partial charge in [-0.25, -0.2) is 17.5 Å². The average molecular weight is 262 g/mol. The number of nitrogens with two attached hydrogens (primary N) is 1. The van der Waals surface area contributed by atoms with Gasteiger partial charge in [0.25, 0.3) is 0 Å². The molecule has 1 aromatic carbocycles. The smallest absolute Gasteiger partial charge is 0.241 e. The summed E-state index contributed by atoms with van der Waals surface area (Å²) in [6.45, 7) is 0.395. The van der Waals surface area contributed by atoms with E-state index >= 15 is 0 Å². The third-order valence-electron chi connectivity index (χ3n) is 2.14. The Bertz CT molecular complexity index is 476. The molecule has 0 saturated heterocycles. The highest BCUT2D eigenvalue weighted by Gasteiger charge is 2.18. The second-order valence-corrected chi connectivity index (χ2v) is 5.08. The molecule has 3 N–H and O–H groups in total. The number of rotatable bonds is 6. The first-order valence-corrected chi connectivity index (χ1v) is 6.46. The molecule has 96 valence electrons. The number of methoxy groups -OCH3 is 1. The molecular formula is C10H15FN2O3S. The summed E-state index contributed by atoms with van der Waals surface area (Å²) in [7, 11) is -2.29. The summed E-state index contributed by atoms with van der Waals surface area (Å²) in [6, 6.07) is 3.49. The molecule has 0 aliphatic carbocycles. The van der Waals surface area contributed by atoms with Crippen molar-refractivity contribution in [1.82, 2.24) is 4.72 Å². The van der Waals surface area contributed by atoms with E-state index in [1.165, 1.54) is 19.2 Å². The van der Waals surface area contributed by atoms with Crippen LogP contribution in [-0.4, -0.2) is 28.7 Å². The van der Waals surface area contributed by atoms with Gasteiger partial charge in [-0.15, -0.1) is 0 Å². The van der Waals surface area contributed by atoms with Gasteiger partial charge in [0.1, 0.15) is 5.82 Å². The first-order valence-electron chi connectivity index (χ1n) is 4.98. The zero-order valence-electron chi connectivity index (χ0n) is 9.44. The van der Waals surface area contributed by atoms with Crippen molar-refractivity contribution in [3.8, 4) is 0 Å². The highest BCUT2D eigenvalue weighted by Crippen LogP contribution is 2.16. The molecule has 0 unspecified atom stereocenters. The lowest BCUT2D eigenvalue weighted by Gasteiger charge is -2.10. The molecule has 0 aliphatic rings. The Labute approximate surface area is 99.8 Å². The number of ether oxygens (including phenoxy) is 1. The predicted molar refractivity (Wildman–Crippen MR) is 61.4 cm³/mol. The Morgan fingerprint density at radius 2 is 2.18 bits per heavy atom. The van der Waals surface area contributed by atoms with E-state index in [1.807, 2.05) is 0 Å². The van der Waals surface area contributed by atoms with Crippen LogP contribution in [0, 0.1) is 5.82 Å². The fourth-order valence-corrected chi connectivity index (χ4v) is 2.57. The Morgan fingerprint density at radius 1 is 1.47 bits per heavy atom. The SMILES string of the molecule is COCCNS(=O)(=O)c1cc(F)ccc1CN. The Balaban J connectivity index is 3.00. The number of nitrogens with one attached hydrogen (secondary N) is 1. The summed E-state index contributed by atoms with van der Waals surface area (Å²) in [5, 5.41) is 0. The van der Waals surface area contributed by atoms with E-state index in [0.717, 1.165) is 6.07 Å². The first kappa shape index (κ1) is 14.0. The molecule has 0 bridgehead atoms. The van der Waals surface area contributed by atoms with Gasteiger partial charge >= 0.3 is 0 Å². The van der Waals surface area contributed by atoms with Crippen molar-refractivity contribution >= 4 is 10.0 Å². The normalized spacial score (nSPS) is 11.7. The molecule has 0 aliphatic heterocycles. The molecule has 0 radical (unpaired) electrons. The van der Waals surface area contributed by atoms with E-state index in [9.17, 15) is 12.8 Å². The summed E-state index contributed by atoms with van der Waals surface area (Å²) >= 11 is 0. The molecule has 0 fully saturated rings. The van der Waals surface area contributed by atoms with Crippen LogP contribution >= 0.6 is 0 Å². The Hall–Kier alpha value is -1.02. The van der Waals surface area contributed by atoms with Crippen molar-refractivity contribution < 1.29 is 17.5 Å². The van der Waals surface area contributed by atoms with Crippen LogP contribution in [-0.2, 0) is 21.3 Å². The third-order valence-corrected chi connectivity index (χ3v) is 3.68. The van der Waals surface area contributed by atoms with Gasteiger partial charge in [-0.2, -0.15) is 0 Å². The van der Waals surface area contributed by atoms with E-state index in [-0.39, 0.29) is 24.6 Å². The van der Waals surface area contributed by atoms with Crippen LogP contribution < -0.4 is 10.5 Å². The van der Waals surface area contributed by atoms with Crippen molar-refractivity contribution in [1.29, 1.82) is 0 Å². The van der Waals surface area contributed by atoms with E-state index in [2.05, 4.69) is 4.72 Å². The zero-order valence-corrected chi connectivity index (χ0v) is 10.3. The highest BCUT2D eigenvalue weighted by molar-refractivity contribution is 7.89. The lowest BCUT2D eigenvalue weighted by Crippen LogP contribution is -2.28. The van der Waals surface area contributed by atoms with Gasteiger partial charge in [0, 0.05) is 20.2 Å². The first-order chi connectivity index (χ1) is 8.01. The van der Waals surface area contributed by atoms with Crippen LogP contribution in [0.25, 0.3) is 0 Å². The van der Waals surface area contributed by atoms with Gasteiger partial charge in [-0.1, -0.05) is 6.07 Å². The molecular weight excluding hydrogens is 247 g/mol. The molecule has 5 nitrogen and oxygen atoms in total. The lowest BCUT2D eigenvalue weighted by atomic mass is 10.2. The number of hydrogen-bond acceptors (Lipinski definition) is 4. The Kier molecular flexibility index (Phi) is 5.01. The van der Waals surface area contributed by atoms with Crippen molar-refractivity contribution in [3.05, 3.63) is 29.6 Å². The van der Waals surface area contributed by atoms with Crippen molar-refractivity contribution in [2.75, 3.05) is 20.3 Å². The number of halogens is 1. The topological polar surface area (TPSA) is 81.4 Å². The van der Waals surface area contributed by atoms with Gasteiger partial charge < -0.3 is 10.5 Å². The highest BCUT2D eigenvalue weighted by atomic mass is 32.2. The molecule has 7 heteroatoms. The fourth-order valence-electron chi connectivity index (χ4n) is 1.30. The third kappa shape index (κ3) is 3.74. The molecule has 1 rings (SSSR count). The molecule has 17 heavy (non-hydrogen) atoms. The molecule has 1 aromatic rings. The average Bonchev–Trinajstić information content (AvgIpc) is 2.29. The summed E-state index contributed by atoms with van der Waals surface area (Å²) in [5.74, 6) is -0.616. The summed E-state index contributed by atoms with van der Waals surface area (Å²) in [4.78, 5) is -0.129. The van der Waals surface area contributed by atoms with Crippen LogP contribution in [0.3, 0.4) is 0 Å². The van der Waals surface area contributed by atoms with Crippen LogP contribution in [0.2, 0.25) is 0 Å². The summed E-state index contributed by atoms with van der Waals surface area (Å²) in [5.41, 5.74) is 5.78. The lowest BCUT2D eigenvalue weighted by molar-refractivity contribution is 0.204. The van der Waals surface area contributed by atoms with E-state index in [1.54, 1.807) is 0 Å². The second-order valence-electron chi connectivity index (χ2n) is 3.35. The maximum atomic E-state index is 13.0. The standard InChI is InChI=1S/C10H15FN2O3S/c1-16-5-4-13-17(14,15)10-6-9(11)3-2-8(10)7-12/h2-3,6,13H,4-5,7,12H2,1H3. The largest absolute Gasteiger partial charge is 0.383 e. The monoisotopic (exact) mass is 262 g/mol. The van der Waals surface area contributed by atoms with Crippen LogP contribution in [0.1, 0.15) is 5.56 Å². The van der Waals surface area contributed by atoms with Crippen molar-refractivity contribution in [2.24, 2.45) is 5.73 Å². The Morgan fingerprint density at radius 3 is 2.76 bits per heavy atom. The van der Waals surface area contributed by atoms with Crippen LogP contribution in [0.15, 0.2) is 23.1 Å². The van der Waals surface area contributed by atoms with Crippen molar-refractivity contribution in [2.45, 2.75) is 11.4 Å². The molecule has 0 aromatic heterocycles. The zero-order chi connectivity index (χ0) is 12.9. The number of benzene rings is 1. The van der Waals surface area contributed by atoms with Gasteiger partial charge in [-0.3, -0.25) is 0 Å². The number of hydrogen-bond donors (Lipinski definition) is 2. The van der Waals surface area contributed by atoms with E-state index in [0.29, 0.717) is 5.56 Å². The molecule has 0 saturated carbocycles.